The second-order valence-electron chi connectivity index (χ2n) is 8.92. The quantitative estimate of drug-likeness (QED) is 0.292. The third kappa shape index (κ3) is 5.89. The predicted molar refractivity (Wildman–Crippen MR) is 113 cm³/mol. The zero-order valence-corrected chi connectivity index (χ0v) is 19.1. The molecule has 0 radical (unpaired) electrons. The molecule has 27 heavy (non-hydrogen) atoms. The molecule has 1 heterocycles. The molecule has 0 aromatic rings. The molecule has 2 fully saturated rings. The maximum absolute atomic E-state index is 10.8. The highest BCUT2D eigenvalue weighted by Gasteiger charge is 2.50. The van der Waals surface area contributed by atoms with Gasteiger partial charge in [0.25, 0.3) is 0 Å². The first-order chi connectivity index (χ1) is 12.8. The van der Waals surface area contributed by atoms with Crippen LogP contribution in [-0.4, -0.2) is 42.6 Å². The molecule has 1 aliphatic carbocycles. The van der Waals surface area contributed by atoms with Crippen LogP contribution in [0.4, 0.5) is 0 Å². The summed E-state index contributed by atoms with van der Waals surface area (Å²) in [6.45, 7) is 10.9. The van der Waals surface area contributed by atoms with E-state index in [1.807, 2.05) is 13.0 Å². The van der Waals surface area contributed by atoms with Gasteiger partial charge in [0.05, 0.1) is 17.8 Å². The molecule has 5 heteroatoms. The van der Waals surface area contributed by atoms with Gasteiger partial charge in [-0.05, 0) is 43.8 Å². The summed E-state index contributed by atoms with van der Waals surface area (Å²) < 4.78 is 12.6. The van der Waals surface area contributed by atoms with E-state index in [0.29, 0.717) is 12.3 Å². The molecule has 0 aromatic heterocycles. The van der Waals surface area contributed by atoms with Crippen LogP contribution in [0, 0.1) is 11.8 Å². The Morgan fingerprint density at radius 3 is 2.37 bits per heavy atom. The minimum absolute atomic E-state index is 0.0851. The summed E-state index contributed by atoms with van der Waals surface area (Å²) in [5.74, 6) is 0.520. The van der Waals surface area contributed by atoms with E-state index in [1.165, 1.54) is 0 Å². The maximum Gasteiger partial charge on any atom is 0.192 e. The molecule has 158 valence electrons. The summed E-state index contributed by atoms with van der Waals surface area (Å²) >= 11 is 0. The van der Waals surface area contributed by atoms with E-state index in [0.717, 1.165) is 50.2 Å². The molecular formula is C22H42O4Si. The lowest BCUT2D eigenvalue weighted by Crippen LogP contribution is -2.41. The van der Waals surface area contributed by atoms with Gasteiger partial charge in [-0.3, -0.25) is 0 Å². The van der Waals surface area contributed by atoms with Gasteiger partial charge >= 0.3 is 0 Å². The van der Waals surface area contributed by atoms with Crippen LogP contribution in [0.15, 0.2) is 12.2 Å². The fraction of sp³-hybridized carbons (Fsp3) is 0.909. The molecule has 2 aliphatic rings. The standard InChI is InChI=1S/C22H42O4Si/c1-6-10-11-13-22(5,24)14-12-17-18-15-21(23)25-19(18)16-20(17)26-27(7-2,8-3)9-4/h12,14,17-21,23-24H,6-11,13,15-16H2,1-5H3/b14-12+/t17-,18?,19+,20-,21?,22-/m1/s1. The van der Waals surface area contributed by atoms with E-state index < -0.39 is 20.2 Å². The lowest BCUT2D eigenvalue weighted by atomic mass is 9.89. The zero-order chi connectivity index (χ0) is 20.1. The summed E-state index contributed by atoms with van der Waals surface area (Å²) in [5, 5.41) is 20.7. The summed E-state index contributed by atoms with van der Waals surface area (Å²) in [6.07, 6.45) is 9.46. The van der Waals surface area contributed by atoms with Crippen LogP contribution in [-0.2, 0) is 9.16 Å². The maximum atomic E-state index is 10.8. The number of ether oxygens (including phenoxy) is 1. The van der Waals surface area contributed by atoms with Gasteiger partial charge in [0, 0.05) is 12.3 Å². The fourth-order valence-corrected chi connectivity index (χ4v) is 7.78. The van der Waals surface area contributed by atoms with Gasteiger partial charge in [-0.15, -0.1) is 0 Å². The van der Waals surface area contributed by atoms with Crippen molar-refractivity contribution < 1.29 is 19.4 Å². The van der Waals surface area contributed by atoms with Crippen molar-refractivity contribution >= 4 is 8.32 Å². The second kappa shape index (κ2) is 10.0. The number of aliphatic hydroxyl groups excluding tert-OH is 1. The molecule has 0 amide bonds. The third-order valence-electron chi connectivity index (χ3n) is 6.97. The number of fused-ring (bicyclic) bond motifs is 1. The molecule has 2 N–H and O–H groups in total. The van der Waals surface area contributed by atoms with Gasteiger partial charge in [0.1, 0.15) is 0 Å². The Balaban J connectivity index is 2.13. The molecule has 2 rings (SSSR count). The highest BCUT2D eigenvalue weighted by Crippen LogP contribution is 2.46. The first-order valence-electron chi connectivity index (χ1n) is 11.2. The first-order valence-corrected chi connectivity index (χ1v) is 13.8. The van der Waals surface area contributed by atoms with Crippen LogP contribution in [0.1, 0.15) is 73.1 Å². The van der Waals surface area contributed by atoms with Crippen LogP contribution in [0.25, 0.3) is 0 Å². The van der Waals surface area contributed by atoms with Crippen molar-refractivity contribution in [2.45, 2.75) is 115 Å². The van der Waals surface area contributed by atoms with Crippen LogP contribution in [0.5, 0.6) is 0 Å². The Labute approximate surface area is 167 Å². The molecule has 0 aromatic carbocycles. The highest BCUT2D eigenvalue weighted by molar-refractivity contribution is 6.73. The Morgan fingerprint density at radius 2 is 1.78 bits per heavy atom. The van der Waals surface area contributed by atoms with E-state index in [-0.39, 0.29) is 18.1 Å². The first kappa shape index (κ1) is 23.1. The monoisotopic (exact) mass is 398 g/mol. The molecule has 0 spiro atoms. The molecule has 1 saturated heterocycles. The summed E-state index contributed by atoms with van der Waals surface area (Å²) in [7, 11) is -1.70. The number of hydrogen-bond donors (Lipinski definition) is 2. The molecule has 1 saturated carbocycles. The van der Waals surface area contributed by atoms with Crippen LogP contribution < -0.4 is 0 Å². The average Bonchev–Trinajstić information content (AvgIpc) is 3.13. The molecule has 4 nitrogen and oxygen atoms in total. The van der Waals surface area contributed by atoms with E-state index in [4.69, 9.17) is 9.16 Å². The molecule has 0 bridgehead atoms. The largest absolute Gasteiger partial charge is 0.413 e. The van der Waals surface area contributed by atoms with Gasteiger partial charge in [0.15, 0.2) is 14.6 Å². The van der Waals surface area contributed by atoms with Gasteiger partial charge in [0.2, 0.25) is 0 Å². The molecular weight excluding hydrogens is 356 g/mol. The number of hydrogen-bond acceptors (Lipinski definition) is 4. The van der Waals surface area contributed by atoms with E-state index in [2.05, 4.69) is 33.8 Å². The van der Waals surface area contributed by atoms with Crippen molar-refractivity contribution in [3.05, 3.63) is 12.2 Å². The SMILES string of the molecule is CCCCC[C@@](C)(O)/C=C/[C@@H]1C2CC(O)O[C@H]2C[C@H]1O[Si](CC)(CC)CC. The Hall–Kier alpha value is -0.203. The smallest absolute Gasteiger partial charge is 0.192 e. The normalized spacial score (nSPS) is 33.5. The highest BCUT2D eigenvalue weighted by atomic mass is 28.4. The Kier molecular flexibility index (Phi) is 8.56. The van der Waals surface area contributed by atoms with Gasteiger partial charge in [-0.25, -0.2) is 0 Å². The Morgan fingerprint density at radius 1 is 1.11 bits per heavy atom. The minimum atomic E-state index is -1.70. The van der Waals surface area contributed by atoms with Crippen molar-refractivity contribution in [3.63, 3.8) is 0 Å². The number of unbranched alkanes of at least 4 members (excludes halogenated alkanes) is 2. The summed E-state index contributed by atoms with van der Waals surface area (Å²) in [6, 6.07) is 3.42. The average molecular weight is 399 g/mol. The summed E-state index contributed by atoms with van der Waals surface area (Å²) in [4.78, 5) is 0. The van der Waals surface area contributed by atoms with Gasteiger partial charge < -0.3 is 19.4 Å². The van der Waals surface area contributed by atoms with Crippen LogP contribution in [0.3, 0.4) is 0 Å². The van der Waals surface area contributed by atoms with E-state index >= 15 is 0 Å². The van der Waals surface area contributed by atoms with Crippen molar-refractivity contribution in [1.82, 2.24) is 0 Å². The van der Waals surface area contributed by atoms with Crippen molar-refractivity contribution in [2.24, 2.45) is 11.8 Å². The van der Waals surface area contributed by atoms with Crippen LogP contribution in [0.2, 0.25) is 18.1 Å². The molecule has 6 atom stereocenters. The lowest BCUT2D eigenvalue weighted by Gasteiger charge is -2.34. The van der Waals surface area contributed by atoms with E-state index in [1.54, 1.807) is 0 Å². The van der Waals surface area contributed by atoms with Gasteiger partial charge in [-0.2, -0.15) is 0 Å². The minimum Gasteiger partial charge on any atom is -0.413 e. The van der Waals surface area contributed by atoms with Crippen molar-refractivity contribution in [1.29, 1.82) is 0 Å². The topological polar surface area (TPSA) is 58.9 Å². The van der Waals surface area contributed by atoms with Crippen molar-refractivity contribution in [3.8, 4) is 0 Å². The lowest BCUT2D eigenvalue weighted by molar-refractivity contribution is -0.0945. The van der Waals surface area contributed by atoms with Crippen molar-refractivity contribution in [2.75, 3.05) is 0 Å². The zero-order valence-electron chi connectivity index (χ0n) is 18.1. The van der Waals surface area contributed by atoms with Gasteiger partial charge in [-0.1, -0.05) is 59.1 Å². The fourth-order valence-electron chi connectivity index (χ4n) is 4.89. The van der Waals surface area contributed by atoms with Crippen LogP contribution >= 0.6 is 0 Å². The second-order valence-corrected chi connectivity index (χ2v) is 13.6. The molecule has 2 unspecified atom stereocenters. The molecule has 1 aliphatic heterocycles. The van der Waals surface area contributed by atoms with E-state index in [9.17, 15) is 10.2 Å². The number of rotatable bonds is 11. The Bertz CT molecular complexity index is 467. The predicted octanol–water partition coefficient (Wildman–Crippen LogP) is 5.01. The number of aliphatic hydroxyl groups is 2. The third-order valence-corrected chi connectivity index (χ3v) is 11.6. The summed E-state index contributed by atoms with van der Waals surface area (Å²) in [5.41, 5.74) is -0.773.